The number of hydrogen-bond acceptors (Lipinski definition) is 6. The number of carbonyl (C=O) groups excluding carboxylic acids is 1. The molecule has 7 heteroatoms. The highest BCUT2D eigenvalue weighted by Crippen LogP contribution is 2.19. The summed E-state index contributed by atoms with van der Waals surface area (Å²) >= 11 is 1.68. The van der Waals surface area contributed by atoms with Crippen molar-refractivity contribution in [3.8, 4) is 0 Å². The first-order valence-electron chi connectivity index (χ1n) is 7.87. The number of thiazole rings is 1. The van der Waals surface area contributed by atoms with E-state index in [0.29, 0.717) is 11.7 Å². The van der Waals surface area contributed by atoms with Gasteiger partial charge in [0.2, 0.25) is 0 Å². The largest absolute Gasteiger partial charge is 0.337 e. The Kier molecular flexibility index (Phi) is 4.97. The fraction of sp³-hybridized carbons (Fsp3) is 0.500. The lowest BCUT2D eigenvalue weighted by atomic mass is 10.0. The number of carbonyl (C=O) groups is 1. The van der Waals surface area contributed by atoms with Gasteiger partial charge in [-0.3, -0.25) is 9.78 Å². The molecule has 3 heterocycles. The van der Waals surface area contributed by atoms with Crippen LogP contribution in [0.5, 0.6) is 0 Å². The maximum Gasteiger partial charge on any atom is 0.274 e. The molecule has 0 saturated carbocycles. The molecule has 0 bridgehead atoms. The molecule has 0 aliphatic carbocycles. The number of likely N-dealkylation sites (tertiary alicyclic amines) is 1. The Morgan fingerprint density at radius 3 is 2.78 bits per heavy atom. The van der Waals surface area contributed by atoms with Gasteiger partial charge in [-0.25, -0.2) is 9.97 Å². The monoisotopic (exact) mass is 331 g/mol. The van der Waals surface area contributed by atoms with Gasteiger partial charge in [-0.15, -0.1) is 11.3 Å². The minimum atomic E-state index is -0.0280. The fourth-order valence-electron chi connectivity index (χ4n) is 2.84. The number of aryl methyl sites for hydroxylation is 1. The van der Waals surface area contributed by atoms with Crippen molar-refractivity contribution < 1.29 is 4.79 Å². The molecule has 1 N–H and O–H groups in total. The number of hydrogen-bond donors (Lipinski definition) is 1. The number of piperidine rings is 1. The number of aromatic nitrogens is 3. The Bertz CT molecular complexity index is 652. The third-order valence-electron chi connectivity index (χ3n) is 4.13. The number of nitrogens with zero attached hydrogens (tertiary/aromatic N) is 4. The van der Waals surface area contributed by atoms with Crippen LogP contribution in [0.25, 0.3) is 0 Å². The van der Waals surface area contributed by atoms with Gasteiger partial charge in [0.25, 0.3) is 5.91 Å². The zero-order valence-electron chi connectivity index (χ0n) is 13.4. The summed E-state index contributed by atoms with van der Waals surface area (Å²) < 4.78 is 0. The molecule has 1 atom stereocenters. The summed E-state index contributed by atoms with van der Waals surface area (Å²) in [6.07, 6.45) is 6.55. The van der Waals surface area contributed by atoms with Gasteiger partial charge in [0.1, 0.15) is 5.69 Å². The molecule has 1 fully saturated rings. The second kappa shape index (κ2) is 7.14. The second-order valence-electron chi connectivity index (χ2n) is 5.84. The van der Waals surface area contributed by atoms with E-state index in [2.05, 4.69) is 32.6 Å². The number of rotatable bonds is 4. The van der Waals surface area contributed by atoms with Gasteiger partial charge in [0.05, 0.1) is 16.9 Å². The third kappa shape index (κ3) is 3.92. The molecule has 0 unspecified atom stereocenters. The molecule has 0 aromatic carbocycles. The second-order valence-corrected chi connectivity index (χ2v) is 6.90. The molecule has 6 nitrogen and oxygen atoms in total. The fourth-order valence-corrected chi connectivity index (χ4v) is 3.54. The predicted molar refractivity (Wildman–Crippen MR) is 89.4 cm³/mol. The van der Waals surface area contributed by atoms with Gasteiger partial charge in [-0.2, -0.15) is 0 Å². The Labute approximate surface area is 140 Å². The Morgan fingerprint density at radius 1 is 1.39 bits per heavy atom. The Balaban J connectivity index is 1.51. The van der Waals surface area contributed by atoms with Gasteiger partial charge in [-0.05, 0) is 26.7 Å². The highest BCUT2D eigenvalue weighted by atomic mass is 32.1. The van der Waals surface area contributed by atoms with E-state index in [1.165, 1.54) is 6.20 Å². The molecule has 1 aliphatic rings. The van der Waals surface area contributed by atoms with Gasteiger partial charge >= 0.3 is 0 Å². The molecule has 3 rings (SSSR count). The summed E-state index contributed by atoms with van der Waals surface area (Å²) in [6, 6.07) is 0.658. The summed E-state index contributed by atoms with van der Waals surface area (Å²) in [4.78, 5) is 26.8. The maximum absolute atomic E-state index is 12.3. The lowest BCUT2D eigenvalue weighted by molar-refractivity contribution is 0.0695. The zero-order valence-corrected chi connectivity index (χ0v) is 14.2. The molecular formula is C16H21N5OS. The van der Waals surface area contributed by atoms with Crippen LogP contribution in [-0.2, 0) is 0 Å². The summed E-state index contributed by atoms with van der Waals surface area (Å²) in [7, 11) is 0. The standard InChI is InChI=1S/C16H21N5OS/c1-11(15-10-23-12(2)20-15)19-13-3-7-21(8-4-13)16(22)14-9-17-5-6-18-14/h5-6,9-11,13,19H,3-4,7-8H2,1-2H3/t11-/m0/s1. The molecule has 122 valence electrons. The molecule has 23 heavy (non-hydrogen) atoms. The van der Waals surface area contributed by atoms with Gasteiger partial charge in [0, 0.05) is 42.9 Å². The Morgan fingerprint density at radius 2 is 2.17 bits per heavy atom. The van der Waals surface area contributed by atoms with Crippen molar-refractivity contribution in [1.82, 2.24) is 25.2 Å². The molecule has 0 spiro atoms. The highest BCUT2D eigenvalue weighted by molar-refractivity contribution is 7.09. The van der Waals surface area contributed by atoms with Gasteiger partial charge in [0.15, 0.2) is 0 Å². The van der Waals surface area contributed by atoms with E-state index < -0.39 is 0 Å². The summed E-state index contributed by atoms with van der Waals surface area (Å²) in [5, 5.41) is 6.83. The van der Waals surface area contributed by atoms with Crippen molar-refractivity contribution in [2.75, 3.05) is 13.1 Å². The van der Waals surface area contributed by atoms with E-state index >= 15 is 0 Å². The summed E-state index contributed by atoms with van der Waals surface area (Å²) in [5.41, 5.74) is 1.52. The van der Waals surface area contributed by atoms with Crippen molar-refractivity contribution in [2.24, 2.45) is 0 Å². The maximum atomic E-state index is 12.3. The van der Waals surface area contributed by atoms with E-state index in [4.69, 9.17) is 0 Å². The van der Waals surface area contributed by atoms with E-state index in [0.717, 1.165) is 36.6 Å². The van der Waals surface area contributed by atoms with Gasteiger partial charge < -0.3 is 10.2 Å². The van der Waals surface area contributed by atoms with Crippen molar-refractivity contribution in [3.05, 3.63) is 40.4 Å². The molecular weight excluding hydrogens is 310 g/mol. The van der Waals surface area contributed by atoms with E-state index in [9.17, 15) is 4.79 Å². The van der Waals surface area contributed by atoms with Crippen molar-refractivity contribution >= 4 is 17.2 Å². The minimum Gasteiger partial charge on any atom is -0.337 e. The van der Waals surface area contributed by atoms with Crippen molar-refractivity contribution in [3.63, 3.8) is 0 Å². The van der Waals surface area contributed by atoms with Crippen LogP contribution < -0.4 is 5.32 Å². The van der Waals surface area contributed by atoms with Crippen LogP contribution in [0.3, 0.4) is 0 Å². The van der Waals surface area contributed by atoms with E-state index in [1.807, 2.05) is 11.8 Å². The summed E-state index contributed by atoms with van der Waals surface area (Å²) in [5.74, 6) is -0.0280. The molecule has 1 saturated heterocycles. The van der Waals surface area contributed by atoms with Crippen LogP contribution in [0.2, 0.25) is 0 Å². The minimum absolute atomic E-state index is 0.0280. The topological polar surface area (TPSA) is 71.0 Å². The van der Waals surface area contributed by atoms with E-state index in [-0.39, 0.29) is 11.9 Å². The first kappa shape index (κ1) is 16.0. The van der Waals surface area contributed by atoms with Gasteiger partial charge in [-0.1, -0.05) is 0 Å². The third-order valence-corrected chi connectivity index (χ3v) is 4.92. The first-order chi connectivity index (χ1) is 11.1. The Hall–Kier alpha value is -1.86. The number of amides is 1. The predicted octanol–water partition coefficient (Wildman–Crippen LogP) is 2.20. The number of nitrogens with one attached hydrogen (secondary N) is 1. The average Bonchev–Trinajstić information content (AvgIpc) is 3.02. The molecule has 1 aliphatic heterocycles. The average molecular weight is 331 g/mol. The van der Waals surface area contributed by atoms with Crippen molar-refractivity contribution in [1.29, 1.82) is 0 Å². The van der Waals surface area contributed by atoms with Crippen LogP contribution in [0.1, 0.15) is 47.0 Å². The van der Waals surface area contributed by atoms with E-state index in [1.54, 1.807) is 23.7 Å². The molecule has 2 aromatic rings. The van der Waals surface area contributed by atoms with Crippen LogP contribution in [0.15, 0.2) is 24.0 Å². The lowest BCUT2D eigenvalue weighted by Crippen LogP contribution is -2.45. The quantitative estimate of drug-likeness (QED) is 0.930. The normalized spacial score (nSPS) is 17.2. The van der Waals surface area contributed by atoms with Crippen LogP contribution in [-0.4, -0.2) is 44.9 Å². The lowest BCUT2D eigenvalue weighted by Gasteiger charge is -2.33. The van der Waals surface area contributed by atoms with Crippen LogP contribution >= 0.6 is 11.3 Å². The first-order valence-corrected chi connectivity index (χ1v) is 8.75. The molecule has 1 amide bonds. The SMILES string of the molecule is Cc1nc([C@H](C)NC2CCN(C(=O)c3cnccn3)CC2)cs1. The smallest absolute Gasteiger partial charge is 0.274 e. The van der Waals surface area contributed by atoms with Crippen LogP contribution in [0.4, 0.5) is 0 Å². The van der Waals surface area contributed by atoms with Crippen molar-refractivity contribution in [2.45, 2.75) is 38.8 Å². The zero-order chi connectivity index (χ0) is 16.2. The van der Waals surface area contributed by atoms with Crippen LogP contribution in [0, 0.1) is 6.92 Å². The molecule has 2 aromatic heterocycles. The molecule has 0 radical (unpaired) electrons. The summed E-state index contributed by atoms with van der Waals surface area (Å²) in [6.45, 7) is 5.66. The highest BCUT2D eigenvalue weighted by Gasteiger charge is 2.25.